The minimum atomic E-state index is -0.716. The van der Waals surface area contributed by atoms with Crippen molar-refractivity contribution in [2.24, 2.45) is 0 Å². The molecule has 0 amide bonds. The summed E-state index contributed by atoms with van der Waals surface area (Å²) in [6, 6.07) is 16.8. The van der Waals surface area contributed by atoms with Gasteiger partial charge in [0.1, 0.15) is 11.2 Å². The summed E-state index contributed by atoms with van der Waals surface area (Å²) in [7, 11) is 0. The van der Waals surface area contributed by atoms with Crippen LogP contribution in [0.3, 0.4) is 0 Å². The van der Waals surface area contributed by atoms with Crippen molar-refractivity contribution < 1.29 is 22.2 Å². The molecule has 0 fully saturated rings. The highest BCUT2D eigenvalue weighted by Gasteiger charge is 2.18. The summed E-state index contributed by atoms with van der Waals surface area (Å²) in [5.74, 6) is 0. The largest absolute Gasteiger partial charge is 0.456 e. The van der Waals surface area contributed by atoms with E-state index in [1.54, 1.807) is 18.2 Å². The first-order valence-electron chi connectivity index (χ1n) is 20.2. The van der Waals surface area contributed by atoms with Gasteiger partial charge in [-0.05, 0) is 90.0 Å². The molecular weight excluding hydrogens is 520 g/mol. The molecule has 1 heterocycles. The zero-order valence-corrected chi connectivity index (χ0v) is 22.4. The summed E-state index contributed by atoms with van der Waals surface area (Å²) >= 11 is 0. The molecule has 9 aromatic rings. The van der Waals surface area contributed by atoms with Gasteiger partial charge in [0.15, 0.2) is 0 Å². The van der Waals surface area contributed by atoms with E-state index in [2.05, 4.69) is 24.3 Å². The van der Waals surface area contributed by atoms with Gasteiger partial charge in [0.05, 0.1) is 17.8 Å². The number of benzene rings is 8. The van der Waals surface area contributed by atoms with Gasteiger partial charge in [0, 0.05) is 10.8 Å². The van der Waals surface area contributed by atoms with Crippen LogP contribution in [-0.2, 0) is 0 Å². The van der Waals surface area contributed by atoms with Crippen LogP contribution >= 0.6 is 0 Å². The summed E-state index contributed by atoms with van der Waals surface area (Å²) in [6.45, 7) is 0. The zero-order chi connectivity index (χ0) is 39.6. The van der Waals surface area contributed by atoms with Gasteiger partial charge in [-0.2, -0.15) is 0 Å². The lowest BCUT2D eigenvalue weighted by molar-refractivity contribution is 0.669. The van der Waals surface area contributed by atoms with Crippen molar-refractivity contribution in [3.8, 4) is 33.4 Å². The molecule has 0 aliphatic carbocycles. The van der Waals surface area contributed by atoms with E-state index in [9.17, 15) is 2.74 Å². The second-order valence-corrected chi connectivity index (χ2v) is 10.3. The maximum atomic E-state index is 9.21. The van der Waals surface area contributed by atoms with Crippen molar-refractivity contribution in [2.75, 3.05) is 0 Å². The van der Waals surface area contributed by atoms with Crippen LogP contribution in [0.15, 0.2) is 162 Å². The molecule has 9 rings (SSSR count). The second-order valence-electron chi connectivity index (χ2n) is 10.3. The highest BCUT2D eigenvalue weighted by Crippen LogP contribution is 2.45. The second kappa shape index (κ2) is 9.44. The molecule has 0 aliphatic rings. The molecule has 0 radical (unpaired) electrons. The summed E-state index contributed by atoms with van der Waals surface area (Å²) in [5.41, 5.74) is 2.57. The Morgan fingerprint density at radius 2 is 1.02 bits per heavy atom. The molecule has 0 spiro atoms. The van der Waals surface area contributed by atoms with E-state index in [1.165, 1.54) is 0 Å². The molecular formula is C42H26O. The van der Waals surface area contributed by atoms with Gasteiger partial charge in [-0.3, -0.25) is 0 Å². The van der Waals surface area contributed by atoms with E-state index < -0.39 is 84.1 Å². The van der Waals surface area contributed by atoms with Crippen LogP contribution in [0.4, 0.5) is 0 Å². The van der Waals surface area contributed by atoms with Gasteiger partial charge in [0.2, 0.25) is 0 Å². The van der Waals surface area contributed by atoms with Crippen molar-refractivity contribution in [3.63, 3.8) is 0 Å². The monoisotopic (exact) mass is 559 g/mol. The predicted molar refractivity (Wildman–Crippen MR) is 183 cm³/mol. The molecule has 1 nitrogen and oxygen atoms in total. The van der Waals surface area contributed by atoms with Gasteiger partial charge in [-0.1, -0.05) is 133 Å². The normalized spacial score (nSPS) is 16.0. The fourth-order valence-electron chi connectivity index (χ4n) is 6.12. The van der Waals surface area contributed by atoms with Crippen molar-refractivity contribution in [2.45, 2.75) is 0 Å². The van der Waals surface area contributed by atoms with Crippen LogP contribution < -0.4 is 0 Å². The molecule has 0 bridgehead atoms. The van der Waals surface area contributed by atoms with E-state index in [0.717, 1.165) is 32.7 Å². The minimum Gasteiger partial charge on any atom is -0.456 e. The number of hydrogen-bond acceptors (Lipinski definition) is 1. The summed E-state index contributed by atoms with van der Waals surface area (Å²) in [4.78, 5) is 0. The Kier molecular flexibility index (Phi) is 3.18. The lowest BCUT2D eigenvalue weighted by Crippen LogP contribution is -1.90. The zero-order valence-electron chi connectivity index (χ0n) is 35.4. The van der Waals surface area contributed by atoms with Crippen LogP contribution in [0, 0.1) is 0 Å². The third-order valence-corrected chi connectivity index (χ3v) is 7.99. The van der Waals surface area contributed by atoms with Crippen LogP contribution in [0.5, 0.6) is 0 Å². The lowest BCUT2D eigenvalue weighted by Gasteiger charge is -2.17. The van der Waals surface area contributed by atoms with Gasteiger partial charge in [-0.25, -0.2) is 0 Å². The first-order chi connectivity index (χ1) is 26.7. The van der Waals surface area contributed by atoms with E-state index in [-0.39, 0.29) is 32.7 Å². The van der Waals surface area contributed by atoms with Gasteiger partial charge in [-0.15, -0.1) is 0 Å². The predicted octanol–water partition coefficient (Wildman–Crippen LogP) is 12.0. The molecule has 1 heteroatoms. The molecule has 0 saturated heterocycles. The fraction of sp³-hybridized carbons (Fsp3) is 0. The van der Waals surface area contributed by atoms with Crippen LogP contribution in [0.1, 0.15) is 17.8 Å². The Labute approximate surface area is 267 Å². The number of rotatable bonds is 3. The molecule has 0 unspecified atom stereocenters. The Hall–Kier alpha value is -5.66. The van der Waals surface area contributed by atoms with E-state index >= 15 is 0 Å². The molecule has 8 aromatic carbocycles. The first kappa shape index (κ1) is 14.5. The maximum Gasteiger partial charge on any atom is 0.136 e. The molecule has 0 N–H and O–H groups in total. The highest BCUT2D eigenvalue weighted by molar-refractivity contribution is 6.22. The third kappa shape index (κ3) is 3.72. The van der Waals surface area contributed by atoms with Crippen molar-refractivity contribution in [1.29, 1.82) is 0 Å². The van der Waals surface area contributed by atoms with Gasteiger partial charge < -0.3 is 4.42 Å². The average molecular weight is 560 g/mol. The summed E-state index contributed by atoms with van der Waals surface area (Å²) in [5, 5.41) is 2.92. The lowest BCUT2D eigenvalue weighted by atomic mass is 9.86. The van der Waals surface area contributed by atoms with Crippen molar-refractivity contribution in [3.05, 3.63) is 157 Å². The Morgan fingerprint density at radius 3 is 1.77 bits per heavy atom. The maximum absolute atomic E-state index is 9.21. The molecule has 0 saturated carbocycles. The minimum absolute atomic E-state index is 0.0453. The Morgan fingerprint density at radius 1 is 0.395 bits per heavy atom. The van der Waals surface area contributed by atoms with Crippen molar-refractivity contribution >= 4 is 54.3 Å². The van der Waals surface area contributed by atoms with E-state index in [4.69, 9.17) is 19.5 Å². The van der Waals surface area contributed by atoms with Crippen LogP contribution in [0.2, 0.25) is 0 Å². The topological polar surface area (TPSA) is 13.1 Å². The Bertz CT molecular complexity index is 3130. The van der Waals surface area contributed by atoms with E-state index in [0.29, 0.717) is 16.7 Å². The van der Waals surface area contributed by atoms with Crippen LogP contribution in [-0.4, -0.2) is 0 Å². The third-order valence-electron chi connectivity index (χ3n) is 7.99. The Balaban J connectivity index is 1.42. The molecule has 1 aromatic heterocycles. The molecule has 0 aliphatic heterocycles. The SMILES string of the molecule is [2H]c1c([2H])c([2H])c(-c2c3c([2H])c([2H])c([2H])c([2H])c3c(-c3ccc4c(c3)oc3ccc(-c5cccc6ccccc56)cc34)c3c([2H])c([2H])c([2H])c([2H])c23)c([2H])c1[2H]. The molecule has 0 atom stereocenters. The average Bonchev–Trinajstić information content (AvgIpc) is 3.58. The quantitative estimate of drug-likeness (QED) is 0.196. The standard InChI is InChI=1S/C42H26O/c1-2-12-28(13-3-1)41-34-16-6-8-18-36(34)42(37-19-9-7-17-35(37)41)30-21-23-33-38-25-29(22-24-39(38)43-40(33)26-30)32-20-10-14-27-11-4-5-15-31(27)32/h1-26H/i1D,2D,3D,6D,7D,8D,9D,12D,13D,16D,17D,18D,19D. The number of fused-ring (bicyclic) bond motifs is 6. The fourth-order valence-corrected chi connectivity index (χ4v) is 6.12. The number of hydrogen-bond donors (Lipinski definition) is 0. The molecule has 43 heavy (non-hydrogen) atoms. The number of furan rings is 1. The van der Waals surface area contributed by atoms with E-state index in [1.807, 2.05) is 36.4 Å². The molecule has 200 valence electrons. The summed E-state index contributed by atoms with van der Waals surface area (Å²) in [6.07, 6.45) is 0. The van der Waals surface area contributed by atoms with Crippen molar-refractivity contribution in [1.82, 2.24) is 0 Å². The first-order valence-corrected chi connectivity index (χ1v) is 13.7. The van der Waals surface area contributed by atoms with Gasteiger partial charge in [0.25, 0.3) is 0 Å². The summed E-state index contributed by atoms with van der Waals surface area (Å²) < 4.78 is 121. The van der Waals surface area contributed by atoms with Gasteiger partial charge >= 0.3 is 0 Å². The highest BCUT2D eigenvalue weighted by atomic mass is 16.3. The van der Waals surface area contributed by atoms with Crippen LogP contribution in [0.25, 0.3) is 87.6 Å². The smallest absolute Gasteiger partial charge is 0.136 e.